The van der Waals surface area contributed by atoms with Crippen molar-refractivity contribution >= 4 is 46.7 Å². The number of benzene rings is 2. The van der Waals surface area contributed by atoms with Crippen LogP contribution in [0, 0.1) is 0 Å². The smallest absolute Gasteiger partial charge is 0.342 e. The summed E-state index contributed by atoms with van der Waals surface area (Å²) in [6, 6.07) is 9.44. The van der Waals surface area contributed by atoms with Gasteiger partial charge in [-0.2, -0.15) is 0 Å². The van der Waals surface area contributed by atoms with Crippen LogP contribution in [0.1, 0.15) is 27.6 Å². The van der Waals surface area contributed by atoms with Crippen molar-refractivity contribution in [3.63, 3.8) is 0 Å². The number of hydrogen-bond donors (Lipinski definition) is 1. The van der Waals surface area contributed by atoms with Crippen LogP contribution < -0.4 is 10.1 Å². The number of Topliss-reactive ketones (excluding diaryl/α,β-unsaturated/α-hetero) is 1. The Balaban J connectivity index is 2.12. The van der Waals surface area contributed by atoms with Gasteiger partial charge in [0.2, 0.25) is 5.91 Å². The van der Waals surface area contributed by atoms with E-state index in [-0.39, 0.29) is 11.5 Å². The molecule has 27 heavy (non-hydrogen) atoms. The summed E-state index contributed by atoms with van der Waals surface area (Å²) in [4.78, 5) is 36.8. The largest absolute Gasteiger partial charge is 0.496 e. The molecule has 0 spiro atoms. The van der Waals surface area contributed by atoms with E-state index >= 15 is 0 Å². The summed E-state index contributed by atoms with van der Waals surface area (Å²) >= 11 is 7.34. The van der Waals surface area contributed by atoms with Crippen LogP contribution in [0.2, 0.25) is 5.02 Å². The molecule has 8 heteroatoms. The van der Waals surface area contributed by atoms with Crippen molar-refractivity contribution in [2.45, 2.75) is 11.8 Å². The third kappa shape index (κ3) is 5.48. The second kappa shape index (κ2) is 9.43. The van der Waals surface area contributed by atoms with Crippen molar-refractivity contribution < 1.29 is 23.9 Å². The summed E-state index contributed by atoms with van der Waals surface area (Å²) in [6.07, 6.45) is 1.86. The van der Waals surface area contributed by atoms with Crippen molar-refractivity contribution in [3.8, 4) is 5.75 Å². The summed E-state index contributed by atoms with van der Waals surface area (Å²) in [5.74, 6) is -1.06. The van der Waals surface area contributed by atoms with E-state index in [1.54, 1.807) is 30.3 Å². The Bertz CT molecular complexity index is 884. The maximum atomic E-state index is 12.4. The number of anilines is 1. The van der Waals surface area contributed by atoms with Crippen LogP contribution in [0.5, 0.6) is 5.75 Å². The van der Waals surface area contributed by atoms with Gasteiger partial charge in [0.25, 0.3) is 0 Å². The molecule has 1 amide bonds. The van der Waals surface area contributed by atoms with Crippen molar-refractivity contribution in [1.82, 2.24) is 0 Å². The number of halogens is 1. The Labute approximate surface area is 166 Å². The number of thioether (sulfide) groups is 1. The van der Waals surface area contributed by atoms with Gasteiger partial charge in [-0.25, -0.2) is 4.79 Å². The first-order valence-electron chi connectivity index (χ1n) is 7.85. The molecule has 1 N–H and O–H groups in total. The van der Waals surface area contributed by atoms with E-state index in [1.165, 1.54) is 31.9 Å². The van der Waals surface area contributed by atoms with Crippen molar-refractivity contribution in [2.75, 3.05) is 25.3 Å². The molecule has 0 aliphatic heterocycles. The first kappa shape index (κ1) is 20.8. The molecule has 0 saturated carbocycles. The molecule has 0 fully saturated rings. The van der Waals surface area contributed by atoms with Gasteiger partial charge >= 0.3 is 5.97 Å². The van der Waals surface area contributed by atoms with Gasteiger partial charge < -0.3 is 14.8 Å². The standard InChI is InChI=1S/C19H18ClNO5S/c1-11(22)21-15-8-12(4-7-18(15)27-3)16(23)10-26-19(24)14-9-13(20)5-6-17(14)25-2/h4-9H,10H2,1-3H3,(H,21,22). The number of rotatable bonds is 7. The highest BCUT2D eigenvalue weighted by molar-refractivity contribution is 7.98. The van der Waals surface area contributed by atoms with Crippen LogP contribution in [0.3, 0.4) is 0 Å². The zero-order valence-corrected chi connectivity index (χ0v) is 16.6. The Morgan fingerprint density at radius 2 is 1.89 bits per heavy atom. The predicted molar refractivity (Wildman–Crippen MR) is 105 cm³/mol. The number of methoxy groups -OCH3 is 1. The highest BCUT2D eigenvalue weighted by Gasteiger charge is 2.17. The Hall–Kier alpha value is -2.51. The van der Waals surface area contributed by atoms with Gasteiger partial charge in [0.05, 0.1) is 12.8 Å². The number of ether oxygens (including phenoxy) is 2. The Morgan fingerprint density at radius 1 is 1.15 bits per heavy atom. The maximum Gasteiger partial charge on any atom is 0.342 e. The lowest BCUT2D eigenvalue weighted by atomic mass is 10.1. The molecule has 2 aromatic carbocycles. The Kier molecular flexibility index (Phi) is 7.27. The summed E-state index contributed by atoms with van der Waals surface area (Å²) in [7, 11) is 1.42. The van der Waals surface area contributed by atoms with Crippen LogP contribution in [-0.2, 0) is 9.53 Å². The van der Waals surface area contributed by atoms with Crippen LogP contribution in [0.15, 0.2) is 41.3 Å². The van der Waals surface area contributed by atoms with E-state index in [2.05, 4.69) is 5.32 Å². The molecule has 0 aliphatic rings. The second-order valence-electron chi connectivity index (χ2n) is 5.44. The molecule has 0 bridgehead atoms. The molecule has 6 nitrogen and oxygen atoms in total. The minimum Gasteiger partial charge on any atom is -0.496 e. The molecule has 0 heterocycles. The number of hydrogen-bond acceptors (Lipinski definition) is 6. The monoisotopic (exact) mass is 407 g/mol. The molecule has 2 aromatic rings. The van der Waals surface area contributed by atoms with Crippen LogP contribution in [0.4, 0.5) is 5.69 Å². The number of esters is 1. The average molecular weight is 408 g/mol. The normalized spacial score (nSPS) is 10.2. The number of ketones is 1. The van der Waals surface area contributed by atoms with Crippen molar-refractivity contribution in [3.05, 3.63) is 52.5 Å². The quantitative estimate of drug-likeness (QED) is 0.423. The van der Waals surface area contributed by atoms with Crippen LogP contribution in [0.25, 0.3) is 0 Å². The highest BCUT2D eigenvalue weighted by Crippen LogP contribution is 2.27. The Morgan fingerprint density at radius 3 is 2.52 bits per heavy atom. The fraction of sp³-hybridized carbons (Fsp3) is 0.211. The van der Waals surface area contributed by atoms with Gasteiger partial charge in [-0.05, 0) is 36.6 Å². The maximum absolute atomic E-state index is 12.4. The lowest BCUT2D eigenvalue weighted by Gasteiger charge is -2.11. The van der Waals surface area contributed by atoms with Crippen LogP contribution >= 0.6 is 23.4 Å². The van der Waals surface area contributed by atoms with Gasteiger partial charge in [0.1, 0.15) is 11.3 Å². The third-order valence-corrected chi connectivity index (χ3v) is 4.58. The zero-order valence-electron chi connectivity index (χ0n) is 15.0. The van der Waals surface area contributed by atoms with Crippen molar-refractivity contribution in [1.29, 1.82) is 0 Å². The van der Waals surface area contributed by atoms with Gasteiger partial charge in [0.15, 0.2) is 12.4 Å². The summed E-state index contributed by atoms with van der Waals surface area (Å²) in [6.45, 7) is 0.936. The highest BCUT2D eigenvalue weighted by atomic mass is 35.5. The average Bonchev–Trinajstić information content (AvgIpc) is 2.65. The zero-order chi connectivity index (χ0) is 20.0. The van der Waals surface area contributed by atoms with Gasteiger partial charge in [-0.3, -0.25) is 9.59 Å². The van der Waals surface area contributed by atoms with E-state index in [9.17, 15) is 14.4 Å². The molecule has 2 rings (SSSR count). The molecule has 0 aromatic heterocycles. The first-order chi connectivity index (χ1) is 12.8. The van der Waals surface area contributed by atoms with Crippen molar-refractivity contribution in [2.24, 2.45) is 0 Å². The SMILES string of the molecule is COc1ccc(Cl)cc1C(=O)OCC(=O)c1ccc(SC)c(NC(C)=O)c1. The van der Waals surface area contributed by atoms with Gasteiger partial charge in [-0.1, -0.05) is 17.7 Å². The number of carbonyl (C=O) groups excluding carboxylic acids is 3. The van der Waals surface area contributed by atoms with Crippen LogP contribution in [-0.4, -0.2) is 37.6 Å². The fourth-order valence-corrected chi connectivity index (χ4v) is 3.01. The minimum atomic E-state index is -0.717. The van der Waals surface area contributed by atoms with Gasteiger partial charge in [0, 0.05) is 22.4 Å². The topological polar surface area (TPSA) is 81.7 Å². The molecular weight excluding hydrogens is 390 g/mol. The van der Waals surface area contributed by atoms with E-state index < -0.39 is 18.4 Å². The van der Waals surface area contributed by atoms with E-state index in [0.29, 0.717) is 22.0 Å². The molecule has 0 saturated heterocycles. The second-order valence-corrected chi connectivity index (χ2v) is 6.72. The van der Waals surface area contributed by atoms with E-state index in [4.69, 9.17) is 21.1 Å². The fourth-order valence-electron chi connectivity index (χ4n) is 2.30. The lowest BCUT2D eigenvalue weighted by Crippen LogP contribution is -2.15. The lowest BCUT2D eigenvalue weighted by molar-refractivity contribution is -0.114. The molecular formula is C19H18ClNO5S. The van der Waals surface area contributed by atoms with E-state index in [0.717, 1.165) is 4.90 Å². The number of carbonyl (C=O) groups is 3. The van der Waals surface area contributed by atoms with Gasteiger partial charge in [-0.15, -0.1) is 11.8 Å². The number of nitrogens with one attached hydrogen (secondary N) is 1. The number of amides is 1. The molecule has 0 radical (unpaired) electrons. The first-order valence-corrected chi connectivity index (χ1v) is 9.45. The molecule has 142 valence electrons. The summed E-state index contributed by atoms with van der Waals surface area (Å²) in [5, 5.41) is 3.03. The predicted octanol–water partition coefficient (Wildman–Crippen LogP) is 4.07. The molecule has 0 unspecified atom stereocenters. The molecule has 0 aliphatic carbocycles. The summed E-state index contributed by atoms with van der Waals surface area (Å²) in [5.41, 5.74) is 0.987. The molecule has 0 atom stereocenters. The van der Waals surface area contributed by atoms with E-state index in [1.807, 2.05) is 6.26 Å². The summed E-state index contributed by atoms with van der Waals surface area (Å²) < 4.78 is 10.2. The minimum absolute atomic E-state index is 0.134. The third-order valence-electron chi connectivity index (χ3n) is 3.55.